The highest BCUT2D eigenvalue weighted by atomic mass is 79.9. The maximum atomic E-state index is 11.5. The highest BCUT2D eigenvalue weighted by Gasteiger charge is 2.06. The van der Waals surface area contributed by atoms with E-state index in [1.54, 1.807) is 6.07 Å². The highest BCUT2D eigenvalue weighted by molar-refractivity contribution is 9.10. The van der Waals surface area contributed by atoms with E-state index in [1.807, 2.05) is 12.1 Å². The summed E-state index contributed by atoms with van der Waals surface area (Å²) in [5.74, 6) is 2.48. The molecule has 0 aliphatic carbocycles. The van der Waals surface area contributed by atoms with Crippen molar-refractivity contribution < 1.29 is 4.79 Å². The van der Waals surface area contributed by atoms with Gasteiger partial charge in [0, 0.05) is 15.9 Å². The number of carbonyl (C=O) groups excluding carboxylic acids is 1. The Morgan fingerprint density at radius 3 is 2.94 bits per heavy atom. The van der Waals surface area contributed by atoms with Crippen LogP contribution in [0.3, 0.4) is 0 Å². The van der Waals surface area contributed by atoms with Crippen molar-refractivity contribution in [2.24, 2.45) is 0 Å². The minimum Gasteiger partial charge on any atom is -0.299 e. The normalized spacial score (nSPS) is 9.81. The first-order valence-electron chi connectivity index (χ1n) is 4.73. The Kier molecular flexibility index (Phi) is 5.54. The topological polar surface area (TPSA) is 29.1 Å². The minimum absolute atomic E-state index is 0.0690. The Hall–Kier alpha value is -0.820. The van der Waals surface area contributed by atoms with E-state index in [2.05, 4.69) is 27.2 Å². The largest absolute Gasteiger partial charge is 0.299 e. The predicted octanol–water partition coefficient (Wildman–Crippen LogP) is 2.44. The first-order valence-corrected chi connectivity index (χ1v) is 5.90. The van der Waals surface area contributed by atoms with Crippen molar-refractivity contribution in [3.8, 4) is 12.3 Å². The lowest BCUT2D eigenvalue weighted by Gasteiger charge is -2.04. The monoisotopic (exact) mass is 299 g/mol. The molecule has 0 unspecified atom stereocenters. The van der Waals surface area contributed by atoms with Crippen LogP contribution in [-0.4, -0.2) is 18.9 Å². The van der Waals surface area contributed by atoms with Gasteiger partial charge in [0.25, 0.3) is 0 Å². The second-order valence-corrected chi connectivity index (χ2v) is 4.58. The van der Waals surface area contributed by atoms with Crippen LogP contribution in [0.15, 0.2) is 22.7 Å². The number of rotatable bonds is 5. The average molecular weight is 301 g/mol. The lowest BCUT2D eigenvalue weighted by atomic mass is 10.1. The van der Waals surface area contributed by atoms with Crippen molar-refractivity contribution in [3.63, 3.8) is 0 Å². The molecule has 1 aromatic carbocycles. The third-order valence-corrected chi connectivity index (χ3v) is 2.80. The summed E-state index contributed by atoms with van der Waals surface area (Å²) in [5, 5.41) is 3.44. The Morgan fingerprint density at radius 1 is 1.56 bits per heavy atom. The van der Waals surface area contributed by atoms with Crippen LogP contribution in [0.1, 0.15) is 5.56 Å². The highest BCUT2D eigenvalue weighted by Crippen LogP contribution is 2.21. The first kappa shape index (κ1) is 13.2. The molecule has 4 heteroatoms. The maximum Gasteiger partial charge on any atom is 0.151 e. The van der Waals surface area contributed by atoms with Gasteiger partial charge in [-0.1, -0.05) is 39.5 Å². The number of nitrogens with one attached hydrogen (secondary N) is 1. The second-order valence-electron chi connectivity index (χ2n) is 3.26. The third-order valence-electron chi connectivity index (χ3n) is 1.95. The van der Waals surface area contributed by atoms with Crippen LogP contribution in [0.5, 0.6) is 0 Å². The molecule has 0 aliphatic rings. The van der Waals surface area contributed by atoms with Gasteiger partial charge in [-0.25, -0.2) is 0 Å². The van der Waals surface area contributed by atoms with Crippen LogP contribution in [0, 0.1) is 12.3 Å². The molecule has 0 saturated heterocycles. The van der Waals surface area contributed by atoms with Gasteiger partial charge in [0.05, 0.1) is 13.1 Å². The van der Waals surface area contributed by atoms with E-state index in [0.717, 1.165) is 10.0 Å². The van der Waals surface area contributed by atoms with Crippen LogP contribution < -0.4 is 5.32 Å². The lowest BCUT2D eigenvalue weighted by molar-refractivity contribution is -0.117. The molecule has 0 spiro atoms. The number of hydrogen-bond donors (Lipinski definition) is 1. The van der Waals surface area contributed by atoms with Crippen LogP contribution in [-0.2, 0) is 11.2 Å². The van der Waals surface area contributed by atoms with Crippen LogP contribution >= 0.6 is 27.5 Å². The van der Waals surface area contributed by atoms with E-state index in [1.165, 1.54) is 0 Å². The molecule has 0 aliphatic heterocycles. The molecule has 0 bridgehead atoms. The molecule has 1 aromatic rings. The van der Waals surface area contributed by atoms with Crippen molar-refractivity contribution in [3.05, 3.63) is 33.3 Å². The SMILES string of the molecule is C#CCNCC(=O)Cc1ccc(Br)cc1Cl. The quantitative estimate of drug-likeness (QED) is 0.668. The van der Waals surface area contributed by atoms with Gasteiger partial charge in [-0.05, 0) is 17.7 Å². The van der Waals surface area contributed by atoms with E-state index in [-0.39, 0.29) is 12.3 Å². The third kappa shape index (κ3) is 4.36. The van der Waals surface area contributed by atoms with Crippen LogP contribution in [0.2, 0.25) is 5.02 Å². The van der Waals surface area contributed by atoms with Gasteiger partial charge < -0.3 is 0 Å². The second kappa shape index (κ2) is 6.70. The molecule has 0 heterocycles. The van der Waals surface area contributed by atoms with E-state index < -0.39 is 0 Å². The van der Waals surface area contributed by atoms with Crippen molar-refractivity contribution in [1.29, 1.82) is 0 Å². The summed E-state index contributed by atoms with van der Waals surface area (Å²) in [7, 11) is 0. The van der Waals surface area contributed by atoms with Crippen molar-refractivity contribution in [2.75, 3.05) is 13.1 Å². The summed E-state index contributed by atoms with van der Waals surface area (Å²) in [6.45, 7) is 0.677. The fourth-order valence-corrected chi connectivity index (χ4v) is 1.95. The zero-order chi connectivity index (χ0) is 12.0. The van der Waals surface area contributed by atoms with Gasteiger partial charge in [0.2, 0.25) is 0 Å². The molecule has 1 rings (SSSR count). The Balaban J connectivity index is 2.53. The fourth-order valence-electron chi connectivity index (χ4n) is 1.21. The molecule has 2 nitrogen and oxygen atoms in total. The van der Waals surface area contributed by atoms with Gasteiger partial charge >= 0.3 is 0 Å². The molecule has 0 saturated carbocycles. The van der Waals surface area contributed by atoms with Crippen molar-refractivity contribution >= 4 is 33.3 Å². The molecule has 1 N–H and O–H groups in total. The van der Waals surface area contributed by atoms with Gasteiger partial charge in [-0.3, -0.25) is 10.1 Å². The van der Waals surface area contributed by atoms with E-state index in [4.69, 9.17) is 18.0 Å². The van der Waals surface area contributed by atoms with Crippen LogP contribution in [0.4, 0.5) is 0 Å². The summed E-state index contributed by atoms with van der Waals surface area (Å²) in [4.78, 5) is 11.5. The summed E-state index contributed by atoms with van der Waals surface area (Å²) in [5.41, 5.74) is 0.831. The zero-order valence-corrected chi connectivity index (χ0v) is 10.9. The van der Waals surface area contributed by atoms with Gasteiger partial charge in [0.1, 0.15) is 0 Å². The van der Waals surface area contributed by atoms with Gasteiger partial charge in [-0.15, -0.1) is 6.42 Å². The summed E-state index contributed by atoms with van der Waals surface area (Å²) >= 11 is 9.31. The maximum absolute atomic E-state index is 11.5. The summed E-state index contributed by atoms with van der Waals surface area (Å²) < 4.78 is 0.902. The number of hydrogen-bond acceptors (Lipinski definition) is 2. The standard InChI is InChI=1S/C12H11BrClNO/c1-2-5-15-8-11(16)6-9-3-4-10(13)7-12(9)14/h1,3-4,7,15H,5-6,8H2. The van der Waals surface area contributed by atoms with Crippen molar-refractivity contribution in [2.45, 2.75) is 6.42 Å². The Bertz CT molecular complexity index is 426. The number of carbonyl (C=O) groups is 1. The number of benzene rings is 1. The molecule has 0 radical (unpaired) electrons. The zero-order valence-electron chi connectivity index (χ0n) is 8.59. The summed E-state index contributed by atoms with van der Waals surface area (Å²) in [6.07, 6.45) is 5.38. The Labute approximate surface area is 109 Å². The molecule has 0 amide bonds. The van der Waals surface area contributed by atoms with E-state index in [9.17, 15) is 4.79 Å². The Morgan fingerprint density at radius 2 is 2.31 bits per heavy atom. The molecule has 84 valence electrons. The summed E-state index contributed by atoms with van der Waals surface area (Å²) in [6, 6.07) is 5.48. The smallest absolute Gasteiger partial charge is 0.151 e. The van der Waals surface area contributed by atoms with E-state index in [0.29, 0.717) is 18.0 Å². The first-order chi connectivity index (χ1) is 7.63. The van der Waals surface area contributed by atoms with Gasteiger partial charge in [-0.2, -0.15) is 0 Å². The van der Waals surface area contributed by atoms with Gasteiger partial charge in [0.15, 0.2) is 5.78 Å². The lowest BCUT2D eigenvalue weighted by Crippen LogP contribution is -2.24. The predicted molar refractivity (Wildman–Crippen MR) is 69.6 cm³/mol. The number of Topliss-reactive ketones (excluding diaryl/α,β-unsaturated/α-hetero) is 1. The molecular formula is C12H11BrClNO. The average Bonchev–Trinajstić information content (AvgIpc) is 2.23. The molecule has 0 fully saturated rings. The van der Waals surface area contributed by atoms with Crippen LogP contribution in [0.25, 0.3) is 0 Å². The number of terminal acetylenes is 1. The molecule has 16 heavy (non-hydrogen) atoms. The van der Waals surface area contributed by atoms with E-state index >= 15 is 0 Å². The molecule has 0 atom stereocenters. The molecular weight excluding hydrogens is 289 g/mol. The number of ketones is 1. The number of halogens is 2. The van der Waals surface area contributed by atoms with Crippen molar-refractivity contribution in [1.82, 2.24) is 5.32 Å². The fraction of sp³-hybridized carbons (Fsp3) is 0.250. The molecule has 0 aromatic heterocycles. The minimum atomic E-state index is 0.0690.